The van der Waals surface area contributed by atoms with Crippen LogP contribution in [-0.2, 0) is 19.1 Å². The van der Waals surface area contributed by atoms with E-state index in [1.807, 2.05) is 20.8 Å². The lowest BCUT2D eigenvalue weighted by Crippen LogP contribution is -2.20. The molecule has 0 amide bonds. The summed E-state index contributed by atoms with van der Waals surface area (Å²) in [7, 11) is 0. The number of rotatable bonds is 16. The quantitative estimate of drug-likeness (QED) is 0.258. The van der Waals surface area contributed by atoms with Gasteiger partial charge in [0.25, 0.3) is 0 Å². The lowest BCUT2D eigenvalue weighted by atomic mass is 10.1. The van der Waals surface area contributed by atoms with E-state index >= 15 is 0 Å². The van der Waals surface area contributed by atoms with Crippen molar-refractivity contribution in [3.8, 4) is 0 Å². The van der Waals surface area contributed by atoms with Gasteiger partial charge in [-0.1, -0.05) is 78.6 Å². The maximum absolute atomic E-state index is 11.6. The van der Waals surface area contributed by atoms with Crippen LogP contribution in [0.4, 0.5) is 0 Å². The summed E-state index contributed by atoms with van der Waals surface area (Å²) in [5, 5.41) is 0. The number of hydrogen-bond acceptors (Lipinski definition) is 4. The van der Waals surface area contributed by atoms with Gasteiger partial charge in [0.2, 0.25) is 0 Å². The number of unbranched alkanes of at least 4 members (excludes halogenated alkanes) is 9. The van der Waals surface area contributed by atoms with E-state index in [0.717, 1.165) is 12.8 Å². The van der Waals surface area contributed by atoms with Crippen LogP contribution in [-0.4, -0.2) is 24.6 Å². The van der Waals surface area contributed by atoms with Crippen LogP contribution in [0.2, 0.25) is 0 Å². The SMILES string of the molecule is CCCCCCCCCCCCOC(=O)CCC(=O)OC(C)C(C)C. The number of esters is 2. The van der Waals surface area contributed by atoms with E-state index in [1.54, 1.807) is 0 Å². The molecule has 0 spiro atoms. The molecule has 0 aliphatic carbocycles. The predicted molar refractivity (Wildman–Crippen MR) is 102 cm³/mol. The number of carbonyl (C=O) groups is 2. The monoisotopic (exact) mass is 356 g/mol. The lowest BCUT2D eigenvalue weighted by molar-refractivity contribution is -0.154. The third-order valence-electron chi connectivity index (χ3n) is 4.55. The zero-order chi connectivity index (χ0) is 18.9. The maximum Gasteiger partial charge on any atom is 0.306 e. The van der Waals surface area contributed by atoms with Gasteiger partial charge in [-0.15, -0.1) is 0 Å². The van der Waals surface area contributed by atoms with Crippen molar-refractivity contribution in [1.82, 2.24) is 0 Å². The van der Waals surface area contributed by atoms with E-state index in [2.05, 4.69) is 6.92 Å². The van der Waals surface area contributed by atoms with Gasteiger partial charge in [-0.25, -0.2) is 0 Å². The molecule has 0 N–H and O–H groups in total. The minimum absolute atomic E-state index is 0.105. The van der Waals surface area contributed by atoms with Crippen LogP contribution in [0.1, 0.15) is 105 Å². The Morgan fingerprint density at radius 2 is 1.20 bits per heavy atom. The molecule has 1 unspecified atom stereocenters. The molecule has 4 heteroatoms. The van der Waals surface area contributed by atoms with Gasteiger partial charge in [-0.3, -0.25) is 9.59 Å². The number of carbonyl (C=O) groups excluding carboxylic acids is 2. The molecule has 0 saturated heterocycles. The van der Waals surface area contributed by atoms with E-state index in [9.17, 15) is 9.59 Å². The molecule has 0 aromatic heterocycles. The van der Waals surface area contributed by atoms with E-state index < -0.39 is 0 Å². The Labute approximate surface area is 155 Å². The Bertz CT molecular complexity index is 339. The first kappa shape index (κ1) is 23.9. The Balaban J connectivity index is 3.40. The van der Waals surface area contributed by atoms with Crippen LogP contribution in [0, 0.1) is 5.92 Å². The molecule has 0 aliphatic rings. The second-order valence-electron chi connectivity index (χ2n) is 7.34. The molecule has 148 valence electrons. The van der Waals surface area contributed by atoms with Crippen LogP contribution in [0.5, 0.6) is 0 Å². The molecule has 0 heterocycles. The van der Waals surface area contributed by atoms with Crippen molar-refractivity contribution in [3.05, 3.63) is 0 Å². The fourth-order valence-electron chi connectivity index (χ4n) is 2.45. The van der Waals surface area contributed by atoms with Crippen molar-refractivity contribution in [2.24, 2.45) is 5.92 Å². The molecule has 0 bridgehead atoms. The summed E-state index contributed by atoms with van der Waals surface area (Å²) < 4.78 is 10.4. The zero-order valence-electron chi connectivity index (χ0n) is 17.0. The summed E-state index contributed by atoms with van der Waals surface area (Å²) in [6.07, 6.45) is 12.7. The van der Waals surface area contributed by atoms with Gasteiger partial charge in [-0.2, -0.15) is 0 Å². The van der Waals surface area contributed by atoms with Gasteiger partial charge in [0.15, 0.2) is 0 Å². The average molecular weight is 357 g/mol. The molecule has 0 aromatic carbocycles. The minimum Gasteiger partial charge on any atom is -0.466 e. The Hall–Kier alpha value is -1.06. The van der Waals surface area contributed by atoms with Gasteiger partial charge >= 0.3 is 11.9 Å². The first-order valence-electron chi connectivity index (χ1n) is 10.3. The van der Waals surface area contributed by atoms with Crippen molar-refractivity contribution in [3.63, 3.8) is 0 Å². The predicted octanol–water partition coefficient (Wildman–Crippen LogP) is 5.82. The molecule has 1 atom stereocenters. The smallest absolute Gasteiger partial charge is 0.306 e. The highest BCUT2D eigenvalue weighted by atomic mass is 16.5. The summed E-state index contributed by atoms with van der Waals surface area (Å²) in [6, 6.07) is 0. The van der Waals surface area contributed by atoms with Crippen LogP contribution in [0.25, 0.3) is 0 Å². The molecule has 4 nitrogen and oxygen atoms in total. The minimum atomic E-state index is -0.322. The standard InChI is InChI=1S/C21H40O4/c1-5-6-7-8-9-10-11-12-13-14-17-24-20(22)15-16-21(23)25-19(4)18(2)3/h18-19H,5-17H2,1-4H3. The largest absolute Gasteiger partial charge is 0.466 e. The van der Waals surface area contributed by atoms with Gasteiger partial charge in [0, 0.05) is 0 Å². The van der Waals surface area contributed by atoms with E-state index in [-0.39, 0.29) is 36.8 Å². The molecule has 25 heavy (non-hydrogen) atoms. The molecule has 0 saturated carbocycles. The Kier molecular flexibility index (Phi) is 15.7. The first-order chi connectivity index (χ1) is 12.0. The fourth-order valence-corrected chi connectivity index (χ4v) is 2.45. The highest BCUT2D eigenvalue weighted by Crippen LogP contribution is 2.11. The topological polar surface area (TPSA) is 52.6 Å². The second-order valence-corrected chi connectivity index (χ2v) is 7.34. The van der Waals surface area contributed by atoms with E-state index in [1.165, 1.54) is 51.4 Å². The summed E-state index contributed by atoms with van der Waals surface area (Å²) in [5.74, 6) is -0.339. The van der Waals surface area contributed by atoms with Crippen molar-refractivity contribution in [2.45, 2.75) is 111 Å². The van der Waals surface area contributed by atoms with Gasteiger partial charge in [0.1, 0.15) is 6.10 Å². The highest BCUT2D eigenvalue weighted by Gasteiger charge is 2.14. The van der Waals surface area contributed by atoms with Crippen LogP contribution in [0.15, 0.2) is 0 Å². The molecular weight excluding hydrogens is 316 g/mol. The highest BCUT2D eigenvalue weighted by molar-refractivity contribution is 5.77. The van der Waals surface area contributed by atoms with Crippen molar-refractivity contribution in [2.75, 3.05) is 6.61 Å². The molecule has 0 fully saturated rings. The summed E-state index contributed by atoms with van der Waals surface area (Å²) >= 11 is 0. The third kappa shape index (κ3) is 16.2. The van der Waals surface area contributed by atoms with Gasteiger partial charge in [0.05, 0.1) is 19.4 Å². The second kappa shape index (κ2) is 16.4. The van der Waals surface area contributed by atoms with E-state index in [0.29, 0.717) is 6.61 Å². The van der Waals surface area contributed by atoms with Crippen LogP contribution in [0.3, 0.4) is 0 Å². The van der Waals surface area contributed by atoms with Gasteiger partial charge in [-0.05, 0) is 19.3 Å². The average Bonchev–Trinajstić information content (AvgIpc) is 2.57. The first-order valence-corrected chi connectivity index (χ1v) is 10.3. The Morgan fingerprint density at radius 3 is 1.72 bits per heavy atom. The van der Waals surface area contributed by atoms with Crippen molar-refractivity contribution in [1.29, 1.82) is 0 Å². The van der Waals surface area contributed by atoms with Crippen molar-refractivity contribution < 1.29 is 19.1 Å². The normalized spacial score (nSPS) is 12.2. The lowest BCUT2D eigenvalue weighted by Gasteiger charge is -2.16. The molecule has 0 radical (unpaired) electrons. The molecule has 0 aromatic rings. The summed E-state index contributed by atoms with van der Waals surface area (Å²) in [4.78, 5) is 23.2. The Morgan fingerprint density at radius 1 is 0.720 bits per heavy atom. The van der Waals surface area contributed by atoms with Crippen LogP contribution < -0.4 is 0 Å². The zero-order valence-corrected chi connectivity index (χ0v) is 17.0. The number of ether oxygens (including phenoxy) is 2. The third-order valence-corrected chi connectivity index (χ3v) is 4.55. The van der Waals surface area contributed by atoms with Crippen LogP contribution >= 0.6 is 0 Å². The molecule has 0 aliphatic heterocycles. The molecule has 0 rings (SSSR count). The van der Waals surface area contributed by atoms with Gasteiger partial charge < -0.3 is 9.47 Å². The molecular formula is C21H40O4. The summed E-state index contributed by atoms with van der Waals surface area (Å²) in [5.41, 5.74) is 0. The number of hydrogen-bond donors (Lipinski definition) is 0. The van der Waals surface area contributed by atoms with E-state index in [4.69, 9.17) is 9.47 Å². The summed E-state index contributed by atoms with van der Waals surface area (Å²) in [6.45, 7) is 8.57. The maximum atomic E-state index is 11.6. The van der Waals surface area contributed by atoms with Crippen molar-refractivity contribution >= 4 is 11.9 Å². The fraction of sp³-hybridized carbons (Fsp3) is 0.905.